The first-order valence-corrected chi connectivity index (χ1v) is 14.1. The maximum absolute atomic E-state index is 13.9. The number of nitrogens with one attached hydrogen (secondary N) is 1. The van der Waals surface area contributed by atoms with Crippen molar-refractivity contribution in [2.45, 2.75) is 52.2 Å². The fourth-order valence-electron chi connectivity index (χ4n) is 4.51. The second kappa shape index (κ2) is 13.4. The minimum Gasteiger partial charge on any atom is -0.483 e. The lowest BCUT2D eigenvalue weighted by Gasteiger charge is -2.32. The van der Waals surface area contributed by atoms with Gasteiger partial charge in [-0.3, -0.25) is 9.59 Å². The molecule has 4 aromatic carbocycles. The number of fused-ring (bicyclic) bond motifs is 1. The molecule has 202 valence electrons. The van der Waals surface area contributed by atoms with Crippen LogP contribution in [0.2, 0.25) is 0 Å². The van der Waals surface area contributed by atoms with Crippen molar-refractivity contribution in [1.82, 2.24) is 10.2 Å². The third-order valence-corrected chi connectivity index (χ3v) is 7.87. The maximum Gasteiger partial charge on any atom is 0.261 e. The Morgan fingerprint density at radius 3 is 2.36 bits per heavy atom. The van der Waals surface area contributed by atoms with Crippen LogP contribution in [0.4, 0.5) is 0 Å². The molecule has 6 heteroatoms. The van der Waals surface area contributed by atoms with E-state index in [4.69, 9.17) is 4.74 Å². The van der Waals surface area contributed by atoms with Crippen LogP contribution in [0, 0.1) is 6.92 Å². The summed E-state index contributed by atoms with van der Waals surface area (Å²) < 4.78 is 6.87. The lowest BCUT2D eigenvalue weighted by atomic mass is 10.0. The van der Waals surface area contributed by atoms with Gasteiger partial charge in [0, 0.05) is 19.0 Å². The molecule has 0 heterocycles. The summed E-state index contributed by atoms with van der Waals surface area (Å²) in [5, 5.41) is 5.19. The molecule has 0 unspecified atom stereocenters. The standard InChI is InChI=1S/C33H35BrN2O3/c1-4-24(3)35-33(38)29(20-25-13-6-5-7-14-25)36(21-27-16-9-8-12-23(27)2)31(37)22-39-30-19-18-26-15-10-11-17-28(26)32(30)34/h5-19,24,29H,4,20-22H2,1-3H3,(H,35,38)/t24-,29+/m1/s1. The number of nitrogens with zero attached hydrogens (tertiary/aromatic N) is 1. The van der Waals surface area contributed by atoms with Crippen LogP contribution in [0.15, 0.2) is 95.5 Å². The Kier molecular flexibility index (Phi) is 9.77. The molecule has 2 atom stereocenters. The largest absolute Gasteiger partial charge is 0.483 e. The van der Waals surface area contributed by atoms with E-state index >= 15 is 0 Å². The topological polar surface area (TPSA) is 58.6 Å². The lowest BCUT2D eigenvalue weighted by molar-refractivity contribution is -0.143. The third kappa shape index (κ3) is 7.27. The van der Waals surface area contributed by atoms with Gasteiger partial charge in [0.05, 0.1) is 4.47 Å². The van der Waals surface area contributed by atoms with Gasteiger partial charge in [-0.2, -0.15) is 0 Å². The van der Waals surface area contributed by atoms with Crippen LogP contribution in [0.1, 0.15) is 37.0 Å². The van der Waals surface area contributed by atoms with Gasteiger partial charge in [0.25, 0.3) is 5.91 Å². The minimum absolute atomic E-state index is 0.00371. The van der Waals surface area contributed by atoms with Crippen molar-refractivity contribution in [3.63, 3.8) is 0 Å². The van der Waals surface area contributed by atoms with E-state index in [1.165, 1.54) is 0 Å². The molecule has 0 aliphatic carbocycles. The Labute approximate surface area is 239 Å². The Morgan fingerprint density at radius 2 is 1.62 bits per heavy atom. The van der Waals surface area contributed by atoms with E-state index in [9.17, 15) is 9.59 Å². The van der Waals surface area contributed by atoms with Crippen LogP contribution in [-0.4, -0.2) is 35.4 Å². The number of rotatable bonds is 11. The number of amides is 2. The molecule has 0 fully saturated rings. The Hall–Kier alpha value is -3.64. The van der Waals surface area contributed by atoms with Crippen LogP contribution in [0.3, 0.4) is 0 Å². The SMILES string of the molecule is CC[C@@H](C)NC(=O)[C@H](Cc1ccccc1)N(Cc1ccccc1C)C(=O)COc1ccc2ccccc2c1Br. The summed E-state index contributed by atoms with van der Waals surface area (Å²) in [5.74, 6) is 0.169. The lowest BCUT2D eigenvalue weighted by Crippen LogP contribution is -2.53. The van der Waals surface area contributed by atoms with E-state index in [0.717, 1.165) is 38.4 Å². The average molecular weight is 588 g/mol. The number of carbonyl (C=O) groups excluding carboxylic acids is 2. The first-order valence-electron chi connectivity index (χ1n) is 13.4. The number of ether oxygens (including phenoxy) is 1. The highest BCUT2D eigenvalue weighted by Gasteiger charge is 2.31. The van der Waals surface area contributed by atoms with Crippen molar-refractivity contribution < 1.29 is 14.3 Å². The molecule has 0 aromatic heterocycles. The van der Waals surface area contributed by atoms with E-state index in [2.05, 4.69) is 21.2 Å². The first-order chi connectivity index (χ1) is 18.9. The van der Waals surface area contributed by atoms with Crippen LogP contribution in [-0.2, 0) is 22.6 Å². The summed E-state index contributed by atoms with van der Waals surface area (Å²) >= 11 is 3.65. The zero-order valence-electron chi connectivity index (χ0n) is 22.7. The van der Waals surface area contributed by atoms with E-state index < -0.39 is 6.04 Å². The maximum atomic E-state index is 13.9. The van der Waals surface area contributed by atoms with Crippen molar-refractivity contribution in [3.05, 3.63) is 112 Å². The summed E-state index contributed by atoms with van der Waals surface area (Å²) in [6.07, 6.45) is 1.20. The highest BCUT2D eigenvalue weighted by Crippen LogP contribution is 2.33. The highest BCUT2D eigenvalue weighted by molar-refractivity contribution is 9.10. The molecule has 2 amide bonds. The highest BCUT2D eigenvalue weighted by atomic mass is 79.9. The zero-order chi connectivity index (χ0) is 27.8. The van der Waals surface area contributed by atoms with Crippen molar-refractivity contribution in [1.29, 1.82) is 0 Å². The Morgan fingerprint density at radius 1 is 0.923 bits per heavy atom. The smallest absolute Gasteiger partial charge is 0.261 e. The molecule has 0 saturated carbocycles. The Bertz CT molecular complexity index is 1420. The summed E-state index contributed by atoms with van der Waals surface area (Å²) in [6.45, 7) is 6.14. The second-order valence-corrected chi connectivity index (χ2v) is 10.7. The molecule has 1 N–H and O–H groups in total. The minimum atomic E-state index is -0.697. The zero-order valence-corrected chi connectivity index (χ0v) is 24.3. The molecule has 0 saturated heterocycles. The summed E-state index contributed by atoms with van der Waals surface area (Å²) in [5.41, 5.74) is 3.05. The van der Waals surface area contributed by atoms with Crippen LogP contribution in [0.5, 0.6) is 5.75 Å². The molecule has 39 heavy (non-hydrogen) atoms. The number of hydrogen-bond donors (Lipinski definition) is 1. The van der Waals surface area contributed by atoms with Gasteiger partial charge in [0.15, 0.2) is 6.61 Å². The second-order valence-electron chi connectivity index (χ2n) is 9.86. The number of benzene rings is 4. The van der Waals surface area contributed by atoms with Crippen LogP contribution < -0.4 is 10.1 Å². The van der Waals surface area contributed by atoms with Crippen molar-refractivity contribution in [2.75, 3.05) is 6.61 Å². The van der Waals surface area contributed by atoms with Crippen LogP contribution >= 0.6 is 15.9 Å². The predicted molar refractivity (Wildman–Crippen MR) is 161 cm³/mol. The molecule has 0 spiro atoms. The fourth-order valence-corrected chi connectivity index (χ4v) is 5.12. The Balaban J connectivity index is 1.65. The molecule has 4 aromatic rings. The van der Waals surface area contributed by atoms with E-state index in [1.807, 2.05) is 112 Å². The van der Waals surface area contributed by atoms with Gasteiger partial charge in [0.2, 0.25) is 5.91 Å². The number of halogens is 1. The number of hydrogen-bond acceptors (Lipinski definition) is 3. The van der Waals surface area contributed by atoms with Crippen molar-refractivity contribution in [3.8, 4) is 5.75 Å². The summed E-state index contributed by atoms with van der Waals surface area (Å²) in [7, 11) is 0. The van der Waals surface area contributed by atoms with Gasteiger partial charge >= 0.3 is 0 Å². The molecule has 5 nitrogen and oxygen atoms in total. The third-order valence-electron chi connectivity index (χ3n) is 7.05. The van der Waals surface area contributed by atoms with Gasteiger partial charge < -0.3 is 15.0 Å². The van der Waals surface area contributed by atoms with Gasteiger partial charge in [-0.25, -0.2) is 0 Å². The molecule has 0 radical (unpaired) electrons. The molecule has 4 rings (SSSR count). The number of aryl methyl sites for hydroxylation is 1. The molecule has 0 aliphatic heterocycles. The molecule has 0 aliphatic rings. The first kappa shape index (κ1) is 28.4. The summed E-state index contributed by atoms with van der Waals surface area (Å²) in [6, 6.07) is 28.9. The van der Waals surface area contributed by atoms with Gasteiger partial charge in [-0.05, 0) is 69.7 Å². The van der Waals surface area contributed by atoms with Crippen LogP contribution in [0.25, 0.3) is 10.8 Å². The predicted octanol–water partition coefficient (Wildman–Crippen LogP) is 6.84. The molecular formula is C33H35BrN2O3. The van der Waals surface area contributed by atoms with Crippen molar-refractivity contribution in [2.24, 2.45) is 0 Å². The van der Waals surface area contributed by atoms with Crippen molar-refractivity contribution >= 4 is 38.5 Å². The average Bonchev–Trinajstić information content (AvgIpc) is 2.95. The monoisotopic (exact) mass is 586 g/mol. The van der Waals surface area contributed by atoms with E-state index in [0.29, 0.717) is 18.7 Å². The normalized spacial score (nSPS) is 12.5. The van der Waals surface area contributed by atoms with Gasteiger partial charge in [-0.15, -0.1) is 0 Å². The van der Waals surface area contributed by atoms with Gasteiger partial charge in [-0.1, -0.05) is 91.9 Å². The molecular weight excluding hydrogens is 552 g/mol. The summed E-state index contributed by atoms with van der Waals surface area (Å²) in [4.78, 5) is 29.2. The van der Waals surface area contributed by atoms with E-state index in [-0.39, 0.29) is 24.5 Å². The number of carbonyl (C=O) groups is 2. The van der Waals surface area contributed by atoms with Gasteiger partial charge in [0.1, 0.15) is 11.8 Å². The fraction of sp³-hybridized carbons (Fsp3) is 0.273. The quantitative estimate of drug-likeness (QED) is 0.209. The molecule has 0 bridgehead atoms. The van der Waals surface area contributed by atoms with E-state index in [1.54, 1.807) is 4.90 Å².